The highest BCUT2D eigenvalue weighted by Crippen LogP contribution is 2.11. The summed E-state index contributed by atoms with van der Waals surface area (Å²) in [7, 11) is 2.51. The number of rotatable bonds is 4. The number of nitrogens with zero attached hydrogens (tertiary/aromatic N) is 2. The Morgan fingerprint density at radius 1 is 1.10 bits per heavy atom. The van der Waals surface area contributed by atoms with E-state index in [-0.39, 0.29) is 29.0 Å². The molecule has 0 aliphatic rings. The molecule has 0 unspecified atom stereocenters. The summed E-state index contributed by atoms with van der Waals surface area (Å²) >= 11 is 0. The van der Waals surface area contributed by atoms with E-state index in [1.54, 1.807) is 12.1 Å². The first-order valence-corrected chi connectivity index (χ1v) is 8.56. The molecular formula is C19H20N4O7. The maximum atomic E-state index is 11.4. The number of aromatic amines is 1. The summed E-state index contributed by atoms with van der Waals surface area (Å²) in [6.07, 6.45) is 0. The van der Waals surface area contributed by atoms with Gasteiger partial charge in [-0.15, -0.1) is 0 Å². The second-order valence-corrected chi connectivity index (χ2v) is 6.04. The number of hydrogen-bond acceptors (Lipinski definition) is 8. The molecule has 2 aromatic heterocycles. The molecule has 2 heterocycles. The number of esters is 2. The van der Waals surface area contributed by atoms with Crippen molar-refractivity contribution in [2.75, 3.05) is 14.2 Å². The van der Waals surface area contributed by atoms with Crippen molar-refractivity contribution in [2.24, 2.45) is 5.73 Å². The molecular weight excluding hydrogens is 396 g/mol. The van der Waals surface area contributed by atoms with Crippen LogP contribution >= 0.6 is 0 Å². The number of carbonyl (C=O) groups excluding carboxylic acids is 2. The highest BCUT2D eigenvalue weighted by Gasteiger charge is 2.17. The molecule has 0 radical (unpaired) electrons. The standard InChI is InChI=1S/C10H13NO2.C9H7N3O5/c1-7(11)8-3-5-9(6-4-8)10(12)13-2;1-17-9(16)5-2-4(8(14)15)10-6-3-7(13)11-12(5)6/h3-7H,11H2,1-2H3;2-3H,1H3,(H,11,13)(H,14,15)/t7-;/m0./s1. The normalized spacial score (nSPS) is 11.2. The number of carbonyl (C=O) groups is 3. The fourth-order valence-corrected chi connectivity index (χ4v) is 2.40. The SMILES string of the molecule is COC(=O)c1cc(C(=O)O)nc2cc(=O)[nH]n12.COC(=O)c1ccc([C@H](C)N)cc1. The van der Waals surface area contributed by atoms with Gasteiger partial charge in [0.25, 0.3) is 5.56 Å². The molecule has 0 spiro atoms. The Morgan fingerprint density at radius 3 is 2.20 bits per heavy atom. The van der Waals surface area contributed by atoms with Crippen molar-refractivity contribution < 1.29 is 29.0 Å². The molecule has 11 heteroatoms. The number of benzene rings is 1. The molecule has 0 fully saturated rings. The van der Waals surface area contributed by atoms with E-state index in [0.717, 1.165) is 29.3 Å². The zero-order valence-electron chi connectivity index (χ0n) is 16.4. The van der Waals surface area contributed by atoms with Crippen molar-refractivity contribution in [1.29, 1.82) is 0 Å². The van der Waals surface area contributed by atoms with E-state index in [1.807, 2.05) is 19.1 Å². The van der Waals surface area contributed by atoms with Gasteiger partial charge in [0.2, 0.25) is 0 Å². The fraction of sp³-hybridized carbons (Fsp3) is 0.211. The van der Waals surface area contributed by atoms with E-state index in [1.165, 1.54) is 7.11 Å². The van der Waals surface area contributed by atoms with Crippen molar-refractivity contribution in [3.8, 4) is 0 Å². The average molecular weight is 416 g/mol. The molecule has 3 aromatic rings. The smallest absolute Gasteiger partial charge is 0.356 e. The summed E-state index contributed by atoms with van der Waals surface area (Å²) in [6, 6.07) is 9.19. The number of hydrogen-bond donors (Lipinski definition) is 3. The van der Waals surface area contributed by atoms with Crippen LogP contribution in [0.25, 0.3) is 5.65 Å². The number of nitrogens with one attached hydrogen (secondary N) is 1. The Morgan fingerprint density at radius 2 is 1.70 bits per heavy atom. The van der Waals surface area contributed by atoms with Gasteiger partial charge in [-0.2, -0.15) is 0 Å². The number of nitrogens with two attached hydrogens (primary N) is 1. The molecule has 1 aromatic carbocycles. The van der Waals surface area contributed by atoms with Gasteiger partial charge < -0.3 is 20.3 Å². The number of aromatic nitrogens is 3. The minimum absolute atomic E-state index is 0.00769. The first-order chi connectivity index (χ1) is 14.2. The Kier molecular flexibility index (Phi) is 7.04. The van der Waals surface area contributed by atoms with Crippen LogP contribution in [-0.2, 0) is 9.47 Å². The van der Waals surface area contributed by atoms with Gasteiger partial charge in [-0.25, -0.2) is 23.9 Å². The van der Waals surface area contributed by atoms with Crippen LogP contribution in [-0.4, -0.2) is 51.8 Å². The lowest BCUT2D eigenvalue weighted by molar-refractivity contribution is 0.0585. The van der Waals surface area contributed by atoms with E-state index in [2.05, 4.69) is 19.6 Å². The van der Waals surface area contributed by atoms with E-state index in [4.69, 9.17) is 10.8 Å². The van der Waals surface area contributed by atoms with Crippen LogP contribution in [0.5, 0.6) is 0 Å². The maximum Gasteiger partial charge on any atom is 0.356 e. The van der Waals surface area contributed by atoms with Crippen molar-refractivity contribution in [3.63, 3.8) is 0 Å². The number of ether oxygens (including phenoxy) is 2. The van der Waals surface area contributed by atoms with Gasteiger partial charge in [-0.05, 0) is 24.6 Å². The highest BCUT2D eigenvalue weighted by atomic mass is 16.5. The first kappa shape index (κ1) is 22.3. The number of carboxylic acids is 1. The third-order valence-corrected chi connectivity index (χ3v) is 3.93. The molecule has 0 saturated heterocycles. The molecule has 11 nitrogen and oxygen atoms in total. The van der Waals surface area contributed by atoms with Crippen LogP contribution in [0.15, 0.2) is 41.2 Å². The van der Waals surface area contributed by atoms with Gasteiger partial charge in [0.15, 0.2) is 17.0 Å². The van der Waals surface area contributed by atoms with Gasteiger partial charge in [0.05, 0.1) is 19.8 Å². The molecule has 1 atom stereocenters. The molecule has 0 saturated carbocycles. The second kappa shape index (κ2) is 9.47. The largest absolute Gasteiger partial charge is 0.477 e. The fourth-order valence-electron chi connectivity index (χ4n) is 2.40. The minimum Gasteiger partial charge on any atom is -0.477 e. The Hall–Kier alpha value is -3.99. The summed E-state index contributed by atoms with van der Waals surface area (Å²) in [5, 5.41) is 11.1. The molecule has 4 N–H and O–H groups in total. The third kappa shape index (κ3) is 5.08. The van der Waals surface area contributed by atoms with Crippen LogP contribution in [0.3, 0.4) is 0 Å². The van der Waals surface area contributed by atoms with Crippen LogP contribution in [0.2, 0.25) is 0 Å². The summed E-state index contributed by atoms with van der Waals surface area (Å²) in [5.41, 5.74) is 6.30. The van der Waals surface area contributed by atoms with Crippen molar-refractivity contribution in [3.05, 3.63) is 69.3 Å². The van der Waals surface area contributed by atoms with Gasteiger partial charge in [0.1, 0.15) is 0 Å². The molecule has 3 rings (SSSR count). The first-order valence-electron chi connectivity index (χ1n) is 8.56. The molecule has 0 amide bonds. The van der Waals surface area contributed by atoms with Crippen molar-refractivity contribution >= 4 is 23.6 Å². The number of methoxy groups -OCH3 is 2. The Labute approximate surface area is 170 Å². The molecule has 0 aliphatic heterocycles. The van der Waals surface area contributed by atoms with Gasteiger partial charge in [-0.1, -0.05) is 12.1 Å². The van der Waals surface area contributed by atoms with Crippen LogP contribution in [0, 0.1) is 0 Å². The third-order valence-electron chi connectivity index (χ3n) is 3.93. The van der Waals surface area contributed by atoms with Crippen LogP contribution in [0.1, 0.15) is 49.9 Å². The minimum atomic E-state index is -1.30. The summed E-state index contributed by atoms with van der Waals surface area (Å²) < 4.78 is 10.1. The van der Waals surface area contributed by atoms with Gasteiger partial charge in [-0.3, -0.25) is 9.89 Å². The van der Waals surface area contributed by atoms with Crippen LogP contribution in [0.4, 0.5) is 0 Å². The van der Waals surface area contributed by atoms with E-state index in [9.17, 15) is 19.2 Å². The number of H-pyrrole nitrogens is 1. The lowest BCUT2D eigenvalue weighted by atomic mass is 10.1. The summed E-state index contributed by atoms with van der Waals surface area (Å²) in [4.78, 5) is 48.1. The Balaban J connectivity index is 0.000000222. The average Bonchev–Trinajstić information content (AvgIpc) is 3.12. The van der Waals surface area contributed by atoms with E-state index < -0.39 is 17.5 Å². The van der Waals surface area contributed by atoms with Gasteiger partial charge >= 0.3 is 17.9 Å². The van der Waals surface area contributed by atoms with E-state index in [0.29, 0.717) is 5.56 Å². The summed E-state index contributed by atoms with van der Waals surface area (Å²) in [5.74, 6) is -2.39. The van der Waals surface area contributed by atoms with Crippen molar-refractivity contribution in [1.82, 2.24) is 14.6 Å². The zero-order chi connectivity index (χ0) is 22.4. The van der Waals surface area contributed by atoms with Crippen LogP contribution < -0.4 is 11.3 Å². The highest BCUT2D eigenvalue weighted by molar-refractivity contribution is 5.93. The van der Waals surface area contributed by atoms with Crippen molar-refractivity contribution in [2.45, 2.75) is 13.0 Å². The molecule has 0 aliphatic carbocycles. The molecule has 158 valence electrons. The monoisotopic (exact) mass is 416 g/mol. The number of fused-ring (bicyclic) bond motifs is 1. The lowest BCUT2D eigenvalue weighted by Gasteiger charge is -2.05. The lowest BCUT2D eigenvalue weighted by Crippen LogP contribution is -2.14. The zero-order valence-corrected chi connectivity index (χ0v) is 16.4. The summed E-state index contributed by atoms with van der Waals surface area (Å²) in [6.45, 7) is 1.90. The van der Waals surface area contributed by atoms with E-state index >= 15 is 0 Å². The maximum absolute atomic E-state index is 11.4. The number of carboxylic acid groups (broad SMARTS) is 1. The molecule has 0 bridgehead atoms. The predicted octanol–water partition coefficient (Wildman–Crippen LogP) is 1.00. The molecule has 30 heavy (non-hydrogen) atoms. The second-order valence-electron chi connectivity index (χ2n) is 6.04. The van der Waals surface area contributed by atoms with Gasteiger partial charge in [0, 0.05) is 18.2 Å². The topological polar surface area (TPSA) is 166 Å². The number of aromatic carboxylic acids is 1. The predicted molar refractivity (Wildman–Crippen MR) is 104 cm³/mol. The quantitative estimate of drug-likeness (QED) is 0.526. The Bertz CT molecular complexity index is 1130.